The van der Waals surface area contributed by atoms with Gasteiger partial charge in [0.2, 0.25) is 0 Å². The number of fused-ring (bicyclic) bond motifs is 1. The van der Waals surface area contributed by atoms with E-state index in [1.165, 1.54) is 0 Å². The first-order valence-electron chi connectivity index (χ1n) is 8.38. The SMILES string of the molecule is CC1(C)Oc2ccc(C#N)cc2C(N(CC(=O)O)c2ccc(Cl)cc2)C1O. The number of hydrogen-bond acceptors (Lipinski definition) is 5. The minimum absolute atomic E-state index is 0.338. The molecule has 0 radical (unpaired) electrons. The van der Waals surface area contributed by atoms with Gasteiger partial charge >= 0.3 is 5.97 Å². The Morgan fingerprint density at radius 3 is 2.56 bits per heavy atom. The number of nitriles is 1. The quantitative estimate of drug-likeness (QED) is 0.836. The number of rotatable bonds is 4. The first-order chi connectivity index (χ1) is 12.7. The average molecular weight is 387 g/mol. The van der Waals surface area contributed by atoms with Crippen LogP contribution in [0.15, 0.2) is 42.5 Å². The van der Waals surface area contributed by atoms with Gasteiger partial charge in [0, 0.05) is 16.3 Å². The van der Waals surface area contributed by atoms with Gasteiger partial charge in [0.05, 0.1) is 17.7 Å². The molecule has 6 nitrogen and oxygen atoms in total. The van der Waals surface area contributed by atoms with Gasteiger partial charge in [-0.2, -0.15) is 5.26 Å². The van der Waals surface area contributed by atoms with Gasteiger partial charge in [0.25, 0.3) is 0 Å². The highest BCUT2D eigenvalue weighted by atomic mass is 35.5. The topological polar surface area (TPSA) is 93.8 Å². The van der Waals surface area contributed by atoms with Gasteiger partial charge in [-0.1, -0.05) is 11.6 Å². The number of hydrogen-bond donors (Lipinski definition) is 2. The molecule has 2 unspecified atom stereocenters. The fourth-order valence-corrected chi connectivity index (χ4v) is 3.43. The van der Waals surface area contributed by atoms with Crippen LogP contribution in [0.25, 0.3) is 0 Å². The molecule has 27 heavy (non-hydrogen) atoms. The van der Waals surface area contributed by atoms with Gasteiger partial charge in [-0.15, -0.1) is 0 Å². The second-order valence-corrected chi connectivity index (χ2v) is 7.39. The van der Waals surface area contributed by atoms with Crippen LogP contribution in [0, 0.1) is 11.3 Å². The van der Waals surface area contributed by atoms with Crippen LogP contribution in [-0.4, -0.2) is 34.4 Å². The summed E-state index contributed by atoms with van der Waals surface area (Å²) in [5, 5.41) is 30.3. The molecule has 2 aromatic carbocycles. The molecule has 140 valence electrons. The van der Waals surface area contributed by atoms with E-state index in [2.05, 4.69) is 6.07 Å². The molecule has 1 aliphatic heterocycles. The van der Waals surface area contributed by atoms with Crippen molar-refractivity contribution in [2.24, 2.45) is 0 Å². The maximum Gasteiger partial charge on any atom is 0.323 e. The Labute approximate surface area is 162 Å². The Bertz CT molecular complexity index is 905. The summed E-state index contributed by atoms with van der Waals surface area (Å²) in [5.74, 6) is -0.530. The van der Waals surface area contributed by atoms with Crippen LogP contribution in [0.3, 0.4) is 0 Å². The molecule has 0 aromatic heterocycles. The fourth-order valence-electron chi connectivity index (χ4n) is 3.30. The summed E-state index contributed by atoms with van der Waals surface area (Å²) in [5.41, 5.74) is 0.615. The summed E-state index contributed by atoms with van der Waals surface area (Å²) in [6.45, 7) is 3.15. The van der Waals surface area contributed by atoms with Crippen LogP contribution < -0.4 is 9.64 Å². The summed E-state index contributed by atoms with van der Waals surface area (Å²) < 4.78 is 5.92. The smallest absolute Gasteiger partial charge is 0.323 e. The van der Waals surface area contributed by atoms with E-state index in [0.29, 0.717) is 27.6 Å². The third kappa shape index (κ3) is 3.70. The highest BCUT2D eigenvalue weighted by Gasteiger charge is 2.46. The number of carbonyl (C=O) groups is 1. The maximum absolute atomic E-state index is 11.6. The van der Waals surface area contributed by atoms with Crippen molar-refractivity contribution in [3.05, 3.63) is 58.6 Å². The lowest BCUT2D eigenvalue weighted by atomic mass is 9.84. The molecule has 7 heteroatoms. The van der Waals surface area contributed by atoms with Crippen LogP contribution in [0.1, 0.15) is 31.0 Å². The number of carboxylic acid groups (broad SMARTS) is 1. The molecular formula is C20H19ClN2O4. The van der Waals surface area contributed by atoms with E-state index in [9.17, 15) is 20.3 Å². The van der Waals surface area contributed by atoms with Crippen LogP contribution in [0.4, 0.5) is 5.69 Å². The number of nitrogens with zero attached hydrogens (tertiary/aromatic N) is 2. The summed E-state index contributed by atoms with van der Waals surface area (Å²) in [4.78, 5) is 13.2. The molecule has 2 aromatic rings. The lowest BCUT2D eigenvalue weighted by Crippen LogP contribution is -2.54. The normalized spacial score (nSPS) is 20.1. The van der Waals surface area contributed by atoms with Crippen molar-refractivity contribution in [3.8, 4) is 11.8 Å². The first kappa shape index (κ1) is 19.0. The fraction of sp³-hybridized carbons (Fsp3) is 0.300. The van der Waals surface area contributed by atoms with Crippen molar-refractivity contribution in [3.63, 3.8) is 0 Å². The van der Waals surface area contributed by atoms with E-state index < -0.39 is 23.7 Å². The maximum atomic E-state index is 11.6. The van der Waals surface area contributed by atoms with Gasteiger partial charge < -0.3 is 19.8 Å². The monoisotopic (exact) mass is 386 g/mol. The minimum atomic E-state index is -1.04. The third-order valence-corrected chi connectivity index (χ3v) is 4.89. The number of benzene rings is 2. The van der Waals surface area contributed by atoms with E-state index in [4.69, 9.17) is 16.3 Å². The molecule has 0 spiro atoms. The summed E-state index contributed by atoms with van der Waals surface area (Å²) in [6, 6.07) is 13.0. The molecule has 2 N–H and O–H groups in total. The zero-order valence-electron chi connectivity index (χ0n) is 14.9. The zero-order chi connectivity index (χ0) is 19.8. The molecule has 1 aliphatic rings. The van der Waals surface area contributed by atoms with Crippen LogP contribution >= 0.6 is 11.6 Å². The Balaban J connectivity index is 2.18. The molecule has 1 heterocycles. The lowest BCUT2D eigenvalue weighted by Gasteiger charge is -2.46. The van der Waals surface area contributed by atoms with Gasteiger partial charge in [-0.05, 0) is 56.3 Å². The van der Waals surface area contributed by atoms with E-state index in [-0.39, 0.29) is 6.54 Å². The number of aliphatic carboxylic acids is 1. The van der Waals surface area contributed by atoms with Crippen LogP contribution in [0.5, 0.6) is 5.75 Å². The second kappa shape index (κ2) is 7.10. The zero-order valence-corrected chi connectivity index (χ0v) is 15.6. The van der Waals surface area contributed by atoms with Crippen molar-refractivity contribution >= 4 is 23.3 Å². The Kier molecular flexibility index (Phi) is 5.01. The Morgan fingerprint density at radius 2 is 1.96 bits per heavy atom. The highest BCUT2D eigenvalue weighted by Crippen LogP contribution is 2.44. The van der Waals surface area contributed by atoms with Gasteiger partial charge in [0.15, 0.2) is 0 Å². The summed E-state index contributed by atoms with van der Waals surface area (Å²) in [6.07, 6.45) is -1.03. The first-order valence-corrected chi connectivity index (χ1v) is 8.76. The van der Waals surface area contributed by atoms with E-state index in [1.54, 1.807) is 61.2 Å². The van der Waals surface area contributed by atoms with Crippen molar-refractivity contribution < 1.29 is 19.7 Å². The second-order valence-electron chi connectivity index (χ2n) is 6.96. The standard InChI is InChI=1S/C20H19ClN2O4/c1-20(2)19(26)18(15-9-12(10-22)3-8-16(15)27-20)23(11-17(24)25)14-6-4-13(21)5-7-14/h3-9,18-19,26H,11H2,1-2H3,(H,24,25). The van der Waals surface area contributed by atoms with E-state index >= 15 is 0 Å². The number of ether oxygens (including phenoxy) is 1. The number of halogens is 1. The minimum Gasteiger partial charge on any atom is -0.485 e. The van der Waals surface area contributed by atoms with Crippen molar-refractivity contribution in [2.75, 3.05) is 11.4 Å². The lowest BCUT2D eigenvalue weighted by molar-refractivity contribution is -0.135. The predicted octanol–water partition coefficient (Wildman–Crippen LogP) is 3.38. The molecule has 0 saturated carbocycles. The summed E-state index contributed by atoms with van der Waals surface area (Å²) >= 11 is 5.96. The van der Waals surface area contributed by atoms with E-state index in [0.717, 1.165) is 0 Å². The number of anilines is 1. The van der Waals surface area contributed by atoms with Gasteiger partial charge in [0.1, 0.15) is 24.0 Å². The number of aliphatic hydroxyl groups is 1. The molecule has 0 saturated heterocycles. The Hall–Kier alpha value is -2.75. The highest BCUT2D eigenvalue weighted by molar-refractivity contribution is 6.30. The van der Waals surface area contributed by atoms with Crippen LogP contribution in [0.2, 0.25) is 5.02 Å². The molecule has 0 bridgehead atoms. The average Bonchev–Trinajstić information content (AvgIpc) is 2.61. The predicted molar refractivity (Wildman–Crippen MR) is 101 cm³/mol. The van der Waals surface area contributed by atoms with Crippen LogP contribution in [-0.2, 0) is 4.79 Å². The summed E-state index contributed by atoms with van der Waals surface area (Å²) in [7, 11) is 0. The molecule has 0 aliphatic carbocycles. The van der Waals surface area contributed by atoms with Crippen molar-refractivity contribution in [1.29, 1.82) is 5.26 Å². The third-order valence-electron chi connectivity index (χ3n) is 4.64. The van der Waals surface area contributed by atoms with Crippen molar-refractivity contribution in [1.82, 2.24) is 0 Å². The molecular weight excluding hydrogens is 368 g/mol. The van der Waals surface area contributed by atoms with Gasteiger partial charge in [-0.3, -0.25) is 4.79 Å². The largest absolute Gasteiger partial charge is 0.485 e. The Morgan fingerprint density at radius 1 is 1.30 bits per heavy atom. The molecule has 0 fully saturated rings. The molecule has 2 atom stereocenters. The van der Waals surface area contributed by atoms with Gasteiger partial charge in [-0.25, -0.2) is 0 Å². The van der Waals surface area contributed by atoms with E-state index in [1.807, 2.05) is 0 Å². The number of aliphatic hydroxyl groups excluding tert-OH is 1. The molecule has 0 amide bonds. The number of carboxylic acids is 1. The van der Waals surface area contributed by atoms with Crippen molar-refractivity contribution in [2.45, 2.75) is 31.6 Å². The molecule has 3 rings (SSSR count).